The maximum atomic E-state index is 10.4. The second-order valence-electron chi connectivity index (χ2n) is 8.82. The second kappa shape index (κ2) is 8.18. The number of benzene rings is 3. The van der Waals surface area contributed by atoms with Crippen LogP contribution in [0.4, 0.5) is 0 Å². The molecule has 0 bridgehead atoms. The zero-order valence-electron chi connectivity index (χ0n) is 19.6. The molecular formula is C28H19ClN6O2. The van der Waals surface area contributed by atoms with Gasteiger partial charge in [0.2, 0.25) is 11.8 Å². The van der Waals surface area contributed by atoms with Crippen molar-refractivity contribution in [1.29, 1.82) is 0 Å². The average molecular weight is 507 g/mol. The molecule has 1 atom stereocenters. The lowest BCUT2D eigenvalue weighted by atomic mass is 9.84. The van der Waals surface area contributed by atoms with Crippen LogP contribution < -0.4 is 4.74 Å². The number of phenolic OH excluding ortho intramolecular Hbond substituents is 1. The molecule has 0 amide bonds. The molecule has 0 spiro atoms. The van der Waals surface area contributed by atoms with Crippen LogP contribution >= 0.6 is 11.6 Å². The van der Waals surface area contributed by atoms with Crippen molar-refractivity contribution >= 4 is 17.2 Å². The monoisotopic (exact) mass is 506 g/mol. The molecule has 3 aromatic heterocycles. The molecule has 1 N–H and O–H groups in total. The molecule has 7 rings (SSSR count). The largest absolute Gasteiger partial charge is 0.507 e. The molecule has 9 heteroatoms. The Hall–Kier alpha value is -4.69. The van der Waals surface area contributed by atoms with Gasteiger partial charge in [-0.3, -0.25) is 0 Å². The van der Waals surface area contributed by atoms with E-state index < -0.39 is 0 Å². The molecule has 3 aromatic carbocycles. The summed E-state index contributed by atoms with van der Waals surface area (Å²) in [5.74, 6) is 1.24. The fraction of sp³-hybridized carbons (Fsp3) is 0.0714. The van der Waals surface area contributed by atoms with Crippen LogP contribution in [0.25, 0.3) is 22.7 Å². The summed E-state index contributed by atoms with van der Waals surface area (Å²) in [6.07, 6.45) is 1.57. The molecule has 0 saturated heterocycles. The highest BCUT2D eigenvalue weighted by molar-refractivity contribution is 6.30. The number of aryl methyl sites for hydroxylation is 1. The Balaban J connectivity index is 1.50. The molecule has 37 heavy (non-hydrogen) atoms. The van der Waals surface area contributed by atoms with Crippen molar-refractivity contribution in [3.05, 3.63) is 113 Å². The van der Waals surface area contributed by atoms with Crippen LogP contribution in [-0.2, 0) is 0 Å². The number of hydrogen-bond donors (Lipinski definition) is 1. The van der Waals surface area contributed by atoms with Crippen molar-refractivity contribution in [1.82, 2.24) is 29.4 Å². The molecule has 4 heterocycles. The third-order valence-electron chi connectivity index (χ3n) is 6.57. The number of fused-ring (bicyclic) bond motifs is 4. The Morgan fingerprint density at radius 2 is 1.65 bits per heavy atom. The first-order valence-corrected chi connectivity index (χ1v) is 12.1. The van der Waals surface area contributed by atoms with E-state index in [2.05, 4.69) is 10.1 Å². The number of rotatable bonds is 3. The molecule has 0 fully saturated rings. The van der Waals surface area contributed by atoms with Gasteiger partial charge in [-0.25, -0.2) is 19.2 Å². The van der Waals surface area contributed by atoms with Gasteiger partial charge in [-0.2, -0.15) is 5.10 Å². The normalized spacial score (nSPS) is 14.3. The highest BCUT2D eigenvalue weighted by atomic mass is 35.5. The van der Waals surface area contributed by atoms with Crippen LogP contribution in [0.2, 0.25) is 5.02 Å². The van der Waals surface area contributed by atoms with Gasteiger partial charge in [0.25, 0.3) is 0 Å². The predicted octanol–water partition coefficient (Wildman–Crippen LogP) is 5.93. The molecule has 8 nitrogen and oxygen atoms in total. The quantitative estimate of drug-likeness (QED) is 0.319. The summed E-state index contributed by atoms with van der Waals surface area (Å²) in [5.41, 5.74) is 5.51. The molecule has 0 radical (unpaired) electrons. The Morgan fingerprint density at radius 3 is 2.43 bits per heavy atom. The summed E-state index contributed by atoms with van der Waals surface area (Å²) in [6.45, 7) is 1.97. The third-order valence-corrected chi connectivity index (χ3v) is 6.82. The number of para-hydroxylation sites is 2. The Kier molecular flexibility index (Phi) is 4.77. The van der Waals surface area contributed by atoms with E-state index in [1.54, 1.807) is 33.7 Å². The Morgan fingerprint density at radius 1 is 0.892 bits per heavy atom. The smallest absolute Gasteiger partial charge is 0.230 e. The maximum absolute atomic E-state index is 10.4. The van der Waals surface area contributed by atoms with Crippen molar-refractivity contribution < 1.29 is 9.84 Å². The number of aromatic hydroxyl groups is 1. The molecule has 1 aliphatic rings. The van der Waals surface area contributed by atoms with Crippen molar-refractivity contribution in [2.45, 2.75) is 12.8 Å². The zero-order chi connectivity index (χ0) is 25.1. The second-order valence-corrected chi connectivity index (χ2v) is 9.26. The van der Waals surface area contributed by atoms with Crippen LogP contribution in [0, 0.1) is 6.92 Å². The summed E-state index contributed by atoms with van der Waals surface area (Å²) in [6, 6.07) is 24.6. The SMILES string of the molecule is Cc1nn(-c2ccccc2)c2c1[C@H](c1ccc(Cl)cc1)c1c(ncn3nc(-c4ccccc4O)nc13)O2. The lowest BCUT2D eigenvalue weighted by Gasteiger charge is -2.26. The van der Waals surface area contributed by atoms with E-state index in [0.717, 1.165) is 28.1 Å². The fourth-order valence-electron chi connectivity index (χ4n) is 4.89. The maximum Gasteiger partial charge on any atom is 0.230 e. The van der Waals surface area contributed by atoms with E-state index in [-0.39, 0.29) is 11.7 Å². The highest BCUT2D eigenvalue weighted by Crippen LogP contribution is 2.50. The molecular weight excluding hydrogens is 488 g/mol. The lowest BCUT2D eigenvalue weighted by Crippen LogP contribution is -2.16. The molecule has 0 saturated carbocycles. The van der Waals surface area contributed by atoms with Gasteiger partial charge in [-0.1, -0.05) is 54.1 Å². The number of hydrogen-bond acceptors (Lipinski definition) is 6. The van der Waals surface area contributed by atoms with E-state index in [1.165, 1.54) is 0 Å². The van der Waals surface area contributed by atoms with Crippen LogP contribution in [0.3, 0.4) is 0 Å². The lowest BCUT2D eigenvalue weighted by molar-refractivity contribution is 0.402. The number of halogens is 1. The van der Waals surface area contributed by atoms with Crippen LogP contribution in [0.5, 0.6) is 17.5 Å². The first-order valence-electron chi connectivity index (χ1n) is 11.7. The first-order chi connectivity index (χ1) is 18.1. The highest BCUT2D eigenvalue weighted by Gasteiger charge is 2.38. The topological polar surface area (TPSA) is 90.4 Å². The molecule has 0 aliphatic carbocycles. The van der Waals surface area contributed by atoms with Gasteiger partial charge in [0, 0.05) is 5.02 Å². The van der Waals surface area contributed by atoms with Crippen LogP contribution in [0.1, 0.15) is 28.3 Å². The standard InChI is InChI=1S/C28H19ClN6O2/c1-16-22-23(17-11-13-18(29)14-12-17)24-26-31-25(20-9-5-6-10-21(20)36)33-34(26)15-30-27(24)37-28(22)35(32-16)19-7-3-2-4-8-19/h2-15,23,36H,1H3/t23-/m0/s1. The zero-order valence-corrected chi connectivity index (χ0v) is 20.3. The first kappa shape index (κ1) is 21.6. The minimum Gasteiger partial charge on any atom is -0.507 e. The molecule has 6 aromatic rings. The van der Waals surface area contributed by atoms with Gasteiger partial charge in [0.15, 0.2) is 11.5 Å². The predicted molar refractivity (Wildman–Crippen MR) is 139 cm³/mol. The summed E-state index contributed by atoms with van der Waals surface area (Å²) < 4.78 is 9.86. The van der Waals surface area contributed by atoms with Gasteiger partial charge in [-0.15, -0.1) is 5.10 Å². The van der Waals surface area contributed by atoms with Crippen molar-refractivity contribution in [3.63, 3.8) is 0 Å². The number of phenols is 1. The average Bonchev–Trinajstić information content (AvgIpc) is 3.50. The summed E-state index contributed by atoms with van der Waals surface area (Å²) >= 11 is 6.24. The Bertz CT molecular complexity index is 1790. The van der Waals surface area contributed by atoms with E-state index >= 15 is 0 Å². The van der Waals surface area contributed by atoms with Gasteiger partial charge >= 0.3 is 0 Å². The molecule has 180 valence electrons. The van der Waals surface area contributed by atoms with Crippen molar-refractivity contribution in [3.8, 4) is 34.6 Å². The van der Waals surface area contributed by atoms with E-state index in [0.29, 0.717) is 33.8 Å². The van der Waals surface area contributed by atoms with Crippen LogP contribution in [-0.4, -0.2) is 34.5 Å². The summed E-state index contributed by atoms with van der Waals surface area (Å²) in [7, 11) is 0. The summed E-state index contributed by atoms with van der Waals surface area (Å²) in [5, 5.41) is 20.5. The number of ether oxygens (including phenoxy) is 1. The van der Waals surface area contributed by atoms with E-state index in [1.807, 2.05) is 67.6 Å². The minimum absolute atomic E-state index is 0.105. The number of nitrogens with zero attached hydrogens (tertiary/aromatic N) is 6. The summed E-state index contributed by atoms with van der Waals surface area (Å²) in [4.78, 5) is 9.46. The van der Waals surface area contributed by atoms with Crippen molar-refractivity contribution in [2.24, 2.45) is 0 Å². The molecule has 0 unspecified atom stereocenters. The third kappa shape index (κ3) is 3.37. The van der Waals surface area contributed by atoms with Gasteiger partial charge in [-0.05, 0) is 48.9 Å². The van der Waals surface area contributed by atoms with Gasteiger partial charge in [0.05, 0.1) is 34.0 Å². The van der Waals surface area contributed by atoms with Gasteiger partial charge in [0.1, 0.15) is 12.1 Å². The fourth-order valence-corrected chi connectivity index (χ4v) is 5.01. The van der Waals surface area contributed by atoms with Crippen molar-refractivity contribution in [2.75, 3.05) is 0 Å². The number of aromatic nitrogens is 6. The van der Waals surface area contributed by atoms with E-state index in [4.69, 9.17) is 26.4 Å². The van der Waals surface area contributed by atoms with Gasteiger partial charge < -0.3 is 9.84 Å². The Labute approximate surface area is 216 Å². The van der Waals surface area contributed by atoms with E-state index in [9.17, 15) is 5.11 Å². The van der Waals surface area contributed by atoms with Crippen LogP contribution in [0.15, 0.2) is 85.2 Å². The minimum atomic E-state index is -0.286. The molecule has 1 aliphatic heterocycles.